The molecule has 0 heterocycles. The van der Waals surface area contributed by atoms with E-state index in [1.807, 2.05) is 0 Å². The highest BCUT2D eigenvalue weighted by Gasteiger charge is 2.44. The van der Waals surface area contributed by atoms with Gasteiger partial charge in [-0.2, -0.15) is 0 Å². The first-order valence-corrected chi connectivity index (χ1v) is 7.48. The highest BCUT2D eigenvalue weighted by atomic mass is 16.1. The van der Waals surface area contributed by atoms with Crippen LogP contribution >= 0.6 is 0 Å². The van der Waals surface area contributed by atoms with Crippen molar-refractivity contribution >= 4 is 5.78 Å². The number of hydrogen-bond acceptors (Lipinski definition) is 1. The van der Waals surface area contributed by atoms with Gasteiger partial charge >= 0.3 is 0 Å². The molecule has 0 saturated heterocycles. The lowest BCUT2D eigenvalue weighted by Crippen LogP contribution is -2.43. The van der Waals surface area contributed by atoms with Crippen LogP contribution in [0.25, 0.3) is 0 Å². The van der Waals surface area contributed by atoms with Crippen molar-refractivity contribution in [1.29, 1.82) is 0 Å². The number of Topliss-reactive ketones (excluding diaryl/α,β-unsaturated/α-hetero) is 1. The molecule has 0 aromatic carbocycles. The molecule has 1 nitrogen and oxygen atoms in total. The Morgan fingerprint density at radius 1 is 1.06 bits per heavy atom. The van der Waals surface area contributed by atoms with Gasteiger partial charge in [0.1, 0.15) is 5.78 Å². The molecule has 0 radical (unpaired) electrons. The van der Waals surface area contributed by atoms with Gasteiger partial charge in [0.25, 0.3) is 0 Å². The second-order valence-corrected chi connectivity index (χ2v) is 6.41. The van der Waals surface area contributed by atoms with Gasteiger partial charge in [0.2, 0.25) is 0 Å². The van der Waals surface area contributed by atoms with E-state index in [9.17, 15) is 4.79 Å². The minimum Gasteiger partial charge on any atom is -0.299 e. The lowest BCUT2D eigenvalue weighted by Gasteiger charge is -2.46. The summed E-state index contributed by atoms with van der Waals surface area (Å²) in [7, 11) is 0. The summed E-state index contributed by atoms with van der Waals surface area (Å²) in [4.78, 5) is 12.4. The molecule has 17 heavy (non-hydrogen) atoms. The maximum absolute atomic E-state index is 12.4. The number of hydrogen-bond donors (Lipinski definition) is 0. The third-order valence-corrected chi connectivity index (χ3v) is 5.41. The molecule has 0 spiro atoms. The van der Waals surface area contributed by atoms with Crippen molar-refractivity contribution in [2.24, 2.45) is 29.6 Å². The predicted molar refractivity (Wildman–Crippen MR) is 69.6 cm³/mol. The van der Waals surface area contributed by atoms with Crippen LogP contribution in [0.15, 0.2) is 12.2 Å². The van der Waals surface area contributed by atoms with Gasteiger partial charge in [0.05, 0.1) is 0 Å². The molecule has 3 aliphatic carbocycles. The maximum Gasteiger partial charge on any atom is 0.136 e. The first-order chi connectivity index (χ1) is 8.27. The molecule has 0 bridgehead atoms. The molecule has 3 rings (SSSR count). The molecule has 5 atom stereocenters. The van der Waals surface area contributed by atoms with Crippen molar-refractivity contribution in [3.05, 3.63) is 12.2 Å². The van der Waals surface area contributed by atoms with Gasteiger partial charge in [0.15, 0.2) is 0 Å². The number of allylic oxidation sites excluding steroid dienone is 2. The molecular formula is C16H24O. The van der Waals surface area contributed by atoms with Crippen LogP contribution in [0.3, 0.4) is 0 Å². The van der Waals surface area contributed by atoms with Crippen LogP contribution in [0, 0.1) is 29.6 Å². The Morgan fingerprint density at radius 2 is 1.88 bits per heavy atom. The zero-order valence-electron chi connectivity index (χ0n) is 10.9. The standard InChI is InChI=1S/C16H24O/c1-11-9-10-13-7-4-6-12-5-2-3-8-14(17)15(11)16(12)13/h9-13,15-16H,2-8H2,1H3/t11-,12+,13+,15+,16-/m1/s1. The van der Waals surface area contributed by atoms with Crippen molar-refractivity contribution in [3.63, 3.8) is 0 Å². The number of rotatable bonds is 0. The van der Waals surface area contributed by atoms with Crippen LogP contribution in [-0.2, 0) is 4.79 Å². The van der Waals surface area contributed by atoms with Crippen molar-refractivity contribution < 1.29 is 4.79 Å². The SMILES string of the molecule is C[C@@H]1C=C[C@@H]2CCC[C@@H]3CCCCC(=O)[C@H]1[C@H]32. The molecule has 0 aromatic rings. The Hall–Kier alpha value is -0.590. The Balaban J connectivity index is 1.94. The third kappa shape index (κ3) is 1.98. The number of carbonyl (C=O) groups excluding carboxylic acids is 1. The minimum atomic E-state index is 0.357. The number of ketones is 1. The van der Waals surface area contributed by atoms with Crippen LogP contribution < -0.4 is 0 Å². The zero-order chi connectivity index (χ0) is 11.8. The van der Waals surface area contributed by atoms with Gasteiger partial charge in [0, 0.05) is 12.3 Å². The lowest BCUT2D eigenvalue weighted by molar-refractivity contribution is -0.129. The van der Waals surface area contributed by atoms with Gasteiger partial charge in [-0.15, -0.1) is 0 Å². The van der Waals surface area contributed by atoms with Crippen LogP contribution in [0.1, 0.15) is 51.9 Å². The van der Waals surface area contributed by atoms with E-state index >= 15 is 0 Å². The molecule has 0 aromatic heterocycles. The molecule has 0 N–H and O–H groups in total. The van der Waals surface area contributed by atoms with Crippen molar-refractivity contribution in [2.75, 3.05) is 0 Å². The Morgan fingerprint density at radius 3 is 2.76 bits per heavy atom. The molecule has 0 amide bonds. The fraction of sp³-hybridized carbons (Fsp3) is 0.812. The fourth-order valence-electron chi connectivity index (χ4n) is 4.64. The topological polar surface area (TPSA) is 17.1 Å². The lowest BCUT2D eigenvalue weighted by atomic mass is 9.57. The van der Waals surface area contributed by atoms with E-state index in [0.29, 0.717) is 23.5 Å². The second-order valence-electron chi connectivity index (χ2n) is 6.41. The van der Waals surface area contributed by atoms with E-state index in [0.717, 1.165) is 24.7 Å². The van der Waals surface area contributed by atoms with E-state index in [4.69, 9.17) is 0 Å². The summed E-state index contributed by atoms with van der Waals surface area (Å²) >= 11 is 0. The predicted octanol–water partition coefficient (Wildman–Crippen LogP) is 3.98. The van der Waals surface area contributed by atoms with Gasteiger partial charge < -0.3 is 0 Å². The highest BCUT2D eigenvalue weighted by molar-refractivity contribution is 5.82. The van der Waals surface area contributed by atoms with Crippen LogP contribution in [-0.4, -0.2) is 5.78 Å². The van der Waals surface area contributed by atoms with E-state index < -0.39 is 0 Å². The summed E-state index contributed by atoms with van der Waals surface area (Å²) in [5.41, 5.74) is 0. The summed E-state index contributed by atoms with van der Waals surface area (Å²) in [6, 6.07) is 0. The third-order valence-electron chi connectivity index (χ3n) is 5.41. The van der Waals surface area contributed by atoms with Gasteiger partial charge in [-0.05, 0) is 36.5 Å². The van der Waals surface area contributed by atoms with Crippen LogP contribution in [0.2, 0.25) is 0 Å². The average Bonchev–Trinajstić information content (AvgIpc) is 2.32. The zero-order valence-corrected chi connectivity index (χ0v) is 10.9. The smallest absolute Gasteiger partial charge is 0.136 e. The molecule has 0 unspecified atom stereocenters. The maximum atomic E-state index is 12.4. The summed E-state index contributed by atoms with van der Waals surface area (Å²) < 4.78 is 0. The molecule has 2 fully saturated rings. The van der Waals surface area contributed by atoms with E-state index in [1.54, 1.807) is 0 Å². The Kier molecular flexibility index (Phi) is 3.10. The Labute approximate surface area is 105 Å². The summed E-state index contributed by atoms with van der Waals surface area (Å²) in [6.45, 7) is 2.25. The molecule has 2 saturated carbocycles. The van der Waals surface area contributed by atoms with E-state index in [1.165, 1.54) is 32.1 Å². The second kappa shape index (κ2) is 4.59. The monoisotopic (exact) mass is 232 g/mol. The first-order valence-electron chi connectivity index (χ1n) is 7.48. The minimum absolute atomic E-state index is 0.357. The van der Waals surface area contributed by atoms with Gasteiger partial charge in [-0.3, -0.25) is 4.79 Å². The van der Waals surface area contributed by atoms with Crippen LogP contribution in [0.4, 0.5) is 0 Å². The summed E-state index contributed by atoms with van der Waals surface area (Å²) in [5.74, 6) is 3.67. The number of carbonyl (C=O) groups is 1. The largest absolute Gasteiger partial charge is 0.299 e. The summed E-state index contributed by atoms with van der Waals surface area (Å²) in [6.07, 6.45) is 13.5. The Bertz CT molecular complexity index is 330. The first kappa shape index (κ1) is 11.5. The van der Waals surface area contributed by atoms with E-state index in [-0.39, 0.29) is 0 Å². The van der Waals surface area contributed by atoms with Crippen molar-refractivity contribution in [1.82, 2.24) is 0 Å². The molecule has 3 aliphatic rings. The van der Waals surface area contributed by atoms with Gasteiger partial charge in [-0.25, -0.2) is 0 Å². The fourth-order valence-corrected chi connectivity index (χ4v) is 4.64. The van der Waals surface area contributed by atoms with Crippen molar-refractivity contribution in [3.8, 4) is 0 Å². The quantitative estimate of drug-likeness (QED) is 0.577. The van der Waals surface area contributed by atoms with Crippen molar-refractivity contribution in [2.45, 2.75) is 51.9 Å². The molecular weight excluding hydrogens is 208 g/mol. The molecule has 94 valence electrons. The van der Waals surface area contributed by atoms with E-state index in [2.05, 4.69) is 19.1 Å². The summed E-state index contributed by atoms with van der Waals surface area (Å²) in [5, 5.41) is 0. The van der Waals surface area contributed by atoms with Gasteiger partial charge in [-0.1, -0.05) is 44.8 Å². The highest BCUT2D eigenvalue weighted by Crippen LogP contribution is 2.49. The molecule has 0 aliphatic heterocycles. The molecule has 1 heteroatoms. The average molecular weight is 232 g/mol. The van der Waals surface area contributed by atoms with Crippen LogP contribution in [0.5, 0.6) is 0 Å². The normalized spacial score (nSPS) is 45.9.